The van der Waals surface area contributed by atoms with Crippen molar-refractivity contribution in [2.75, 3.05) is 5.32 Å². The predicted octanol–water partition coefficient (Wildman–Crippen LogP) is 3.21. The van der Waals surface area contributed by atoms with Crippen LogP contribution in [0.5, 0.6) is 0 Å². The second kappa shape index (κ2) is 4.76. The first kappa shape index (κ1) is 10.6. The van der Waals surface area contributed by atoms with Crippen LogP contribution in [-0.4, -0.2) is 9.97 Å². The van der Waals surface area contributed by atoms with Crippen LogP contribution in [0, 0.1) is 0 Å². The molecule has 2 heterocycles. The lowest BCUT2D eigenvalue weighted by atomic mass is 10.3. The Morgan fingerprint density at radius 1 is 1.27 bits per heavy atom. The minimum Gasteiger partial charge on any atom is -0.457 e. The Kier molecular flexibility index (Phi) is 3.37. The fourth-order valence-electron chi connectivity index (χ4n) is 1.06. The molecular weight excluding hydrogens is 326 g/mol. The zero-order valence-electron chi connectivity index (χ0n) is 7.58. The summed E-state index contributed by atoms with van der Waals surface area (Å²) in [7, 11) is 0. The van der Waals surface area contributed by atoms with E-state index in [1.165, 1.54) is 6.33 Å². The van der Waals surface area contributed by atoms with E-state index in [0.717, 1.165) is 20.7 Å². The maximum Gasteiger partial charge on any atom is 0.169 e. The molecule has 0 unspecified atom stereocenters. The first-order valence-corrected chi connectivity index (χ1v) is 5.77. The van der Waals surface area contributed by atoms with Crippen molar-refractivity contribution in [3.05, 3.63) is 39.6 Å². The van der Waals surface area contributed by atoms with Crippen molar-refractivity contribution in [2.24, 2.45) is 0 Å². The summed E-state index contributed by atoms with van der Waals surface area (Å²) in [6.45, 7) is 0.665. The Morgan fingerprint density at radius 3 is 2.80 bits per heavy atom. The van der Waals surface area contributed by atoms with Gasteiger partial charge in [-0.1, -0.05) is 0 Å². The summed E-state index contributed by atoms with van der Waals surface area (Å²) in [4.78, 5) is 8.01. The van der Waals surface area contributed by atoms with Crippen LogP contribution in [0.15, 0.2) is 38.4 Å². The molecule has 2 aromatic heterocycles. The molecule has 2 aromatic rings. The molecule has 0 aliphatic rings. The Labute approximate surface area is 103 Å². The van der Waals surface area contributed by atoms with E-state index in [4.69, 9.17) is 4.42 Å². The average Bonchev–Trinajstić information content (AvgIpc) is 2.62. The second-order valence-corrected chi connectivity index (χ2v) is 4.43. The molecule has 0 bridgehead atoms. The zero-order chi connectivity index (χ0) is 10.7. The van der Waals surface area contributed by atoms with Crippen molar-refractivity contribution < 1.29 is 4.42 Å². The van der Waals surface area contributed by atoms with Crippen molar-refractivity contribution in [3.63, 3.8) is 0 Å². The SMILES string of the molecule is Brc1cc(NCc2coc(Br)c2)ncn1. The standard InChI is InChI=1S/C9H7Br2N3O/c10-7-2-9(14-5-13-7)12-3-6-1-8(11)15-4-6/h1-2,4-5H,3H2,(H,12,13,14). The second-order valence-electron chi connectivity index (χ2n) is 2.84. The number of halogens is 2. The monoisotopic (exact) mass is 331 g/mol. The lowest BCUT2D eigenvalue weighted by Gasteiger charge is -2.02. The van der Waals surface area contributed by atoms with Crippen molar-refractivity contribution in [2.45, 2.75) is 6.54 Å². The maximum absolute atomic E-state index is 5.11. The fourth-order valence-corrected chi connectivity index (χ4v) is 1.76. The molecule has 0 spiro atoms. The van der Waals surface area contributed by atoms with Gasteiger partial charge >= 0.3 is 0 Å². The summed E-state index contributed by atoms with van der Waals surface area (Å²) in [6, 6.07) is 3.72. The molecule has 78 valence electrons. The van der Waals surface area contributed by atoms with Crippen molar-refractivity contribution in [1.82, 2.24) is 9.97 Å². The Hall–Kier alpha value is -0.880. The topological polar surface area (TPSA) is 51.0 Å². The molecular formula is C9H7Br2N3O. The highest BCUT2D eigenvalue weighted by atomic mass is 79.9. The smallest absolute Gasteiger partial charge is 0.169 e. The van der Waals surface area contributed by atoms with Crippen LogP contribution >= 0.6 is 31.9 Å². The van der Waals surface area contributed by atoms with Crippen LogP contribution in [0.25, 0.3) is 0 Å². The third-order valence-electron chi connectivity index (χ3n) is 1.73. The van der Waals surface area contributed by atoms with Gasteiger partial charge in [-0.3, -0.25) is 0 Å². The van der Waals surface area contributed by atoms with Gasteiger partial charge in [-0.15, -0.1) is 0 Å². The van der Waals surface area contributed by atoms with E-state index < -0.39 is 0 Å². The van der Waals surface area contributed by atoms with E-state index in [2.05, 4.69) is 47.1 Å². The van der Waals surface area contributed by atoms with E-state index >= 15 is 0 Å². The Bertz CT molecular complexity index is 458. The molecule has 0 aromatic carbocycles. The molecule has 0 amide bonds. The lowest BCUT2D eigenvalue weighted by molar-refractivity contribution is 0.539. The summed E-state index contributed by atoms with van der Waals surface area (Å²) >= 11 is 6.52. The number of nitrogens with zero attached hydrogens (tertiary/aromatic N) is 2. The maximum atomic E-state index is 5.11. The molecule has 0 saturated heterocycles. The van der Waals surface area contributed by atoms with Gasteiger partial charge in [0.15, 0.2) is 4.67 Å². The molecule has 15 heavy (non-hydrogen) atoms. The number of hydrogen-bond donors (Lipinski definition) is 1. The number of hydrogen-bond acceptors (Lipinski definition) is 4. The van der Waals surface area contributed by atoms with Gasteiger partial charge in [0, 0.05) is 18.2 Å². The zero-order valence-corrected chi connectivity index (χ0v) is 10.7. The van der Waals surface area contributed by atoms with E-state index in [9.17, 15) is 0 Å². The van der Waals surface area contributed by atoms with Crippen LogP contribution in [0.4, 0.5) is 5.82 Å². The quantitative estimate of drug-likeness (QED) is 0.877. The van der Waals surface area contributed by atoms with Crippen LogP contribution in [-0.2, 0) is 6.54 Å². The van der Waals surface area contributed by atoms with Gasteiger partial charge in [0.05, 0.1) is 6.26 Å². The highest BCUT2D eigenvalue weighted by Crippen LogP contribution is 2.15. The summed E-state index contributed by atoms with van der Waals surface area (Å²) in [5.74, 6) is 0.772. The molecule has 2 rings (SSSR count). The van der Waals surface area contributed by atoms with Crippen LogP contribution < -0.4 is 5.32 Å². The van der Waals surface area contributed by atoms with E-state index in [0.29, 0.717) is 6.54 Å². The highest BCUT2D eigenvalue weighted by molar-refractivity contribution is 9.10. The van der Waals surface area contributed by atoms with Gasteiger partial charge in [0.25, 0.3) is 0 Å². The van der Waals surface area contributed by atoms with Gasteiger partial charge < -0.3 is 9.73 Å². The van der Waals surface area contributed by atoms with E-state index in [-0.39, 0.29) is 0 Å². The normalized spacial score (nSPS) is 10.3. The molecule has 0 fully saturated rings. The first-order chi connectivity index (χ1) is 7.24. The summed E-state index contributed by atoms with van der Waals surface area (Å²) < 4.78 is 6.59. The fraction of sp³-hybridized carbons (Fsp3) is 0.111. The van der Waals surface area contributed by atoms with Crippen LogP contribution in [0.3, 0.4) is 0 Å². The average molecular weight is 333 g/mol. The van der Waals surface area contributed by atoms with E-state index in [1.807, 2.05) is 12.1 Å². The number of furan rings is 1. The van der Waals surface area contributed by atoms with Gasteiger partial charge in [0.2, 0.25) is 0 Å². The number of aromatic nitrogens is 2. The van der Waals surface area contributed by atoms with Crippen LogP contribution in [0.1, 0.15) is 5.56 Å². The molecule has 6 heteroatoms. The molecule has 4 nitrogen and oxygen atoms in total. The summed E-state index contributed by atoms with van der Waals surface area (Å²) in [5.41, 5.74) is 1.05. The number of nitrogens with one attached hydrogen (secondary N) is 1. The minimum absolute atomic E-state index is 0.665. The van der Waals surface area contributed by atoms with Crippen LogP contribution in [0.2, 0.25) is 0 Å². The van der Waals surface area contributed by atoms with Gasteiger partial charge in [0.1, 0.15) is 16.7 Å². The molecule has 1 N–H and O–H groups in total. The van der Waals surface area contributed by atoms with Crippen molar-refractivity contribution >= 4 is 37.7 Å². The largest absolute Gasteiger partial charge is 0.457 e. The molecule has 0 aliphatic heterocycles. The van der Waals surface area contributed by atoms with Crippen molar-refractivity contribution in [3.8, 4) is 0 Å². The number of rotatable bonds is 3. The summed E-state index contributed by atoms with van der Waals surface area (Å²) in [6.07, 6.45) is 3.19. The van der Waals surface area contributed by atoms with Gasteiger partial charge in [-0.25, -0.2) is 9.97 Å². The highest BCUT2D eigenvalue weighted by Gasteiger charge is 2.00. The molecule has 0 saturated carbocycles. The lowest BCUT2D eigenvalue weighted by Crippen LogP contribution is -2.00. The Morgan fingerprint density at radius 2 is 2.13 bits per heavy atom. The van der Waals surface area contributed by atoms with Gasteiger partial charge in [-0.2, -0.15) is 0 Å². The minimum atomic E-state index is 0.665. The summed E-state index contributed by atoms with van der Waals surface area (Å²) in [5, 5.41) is 3.15. The third-order valence-corrected chi connectivity index (χ3v) is 2.58. The van der Waals surface area contributed by atoms with E-state index in [1.54, 1.807) is 6.26 Å². The third kappa shape index (κ3) is 3.04. The van der Waals surface area contributed by atoms with Gasteiger partial charge in [-0.05, 0) is 37.9 Å². The predicted molar refractivity (Wildman–Crippen MR) is 63.5 cm³/mol. The molecule has 0 radical (unpaired) electrons. The molecule has 0 atom stereocenters. The first-order valence-electron chi connectivity index (χ1n) is 4.18. The Balaban J connectivity index is 1.99. The molecule has 0 aliphatic carbocycles. The number of anilines is 1. The van der Waals surface area contributed by atoms with Crippen molar-refractivity contribution in [1.29, 1.82) is 0 Å².